The minimum Gasteiger partial charge on any atom is -0.345 e. The molecule has 0 radical (unpaired) electrons. The molecule has 4 nitrogen and oxygen atoms in total. The molecule has 1 N–H and O–H groups in total. The first-order valence-corrected chi connectivity index (χ1v) is 5.51. The summed E-state index contributed by atoms with van der Waals surface area (Å²) in [5, 5.41) is 3.06. The van der Waals surface area contributed by atoms with Crippen molar-refractivity contribution in [3.05, 3.63) is 30.1 Å². The zero-order chi connectivity index (χ0) is 11.8. The summed E-state index contributed by atoms with van der Waals surface area (Å²) in [5.41, 5.74) is 0.966. The van der Waals surface area contributed by atoms with Crippen LogP contribution in [0.5, 0.6) is 0 Å². The normalized spacial score (nSPS) is 10.1. The third kappa shape index (κ3) is 4.40. The molecular formula is C12H19N3O. The molecule has 0 saturated carbocycles. The van der Waals surface area contributed by atoms with Gasteiger partial charge in [0.15, 0.2) is 0 Å². The number of aromatic nitrogens is 1. The summed E-state index contributed by atoms with van der Waals surface area (Å²) in [6.07, 6.45) is 4.86. The quantitative estimate of drug-likeness (QED) is 0.719. The minimum atomic E-state index is 0.143. The Labute approximate surface area is 96.7 Å². The molecule has 0 spiro atoms. The van der Waals surface area contributed by atoms with E-state index < -0.39 is 0 Å². The molecule has 1 aromatic heterocycles. The van der Waals surface area contributed by atoms with Gasteiger partial charge in [-0.25, -0.2) is 0 Å². The van der Waals surface area contributed by atoms with E-state index >= 15 is 0 Å². The van der Waals surface area contributed by atoms with Crippen LogP contribution in [0.25, 0.3) is 0 Å². The van der Waals surface area contributed by atoms with Crippen LogP contribution in [0.2, 0.25) is 0 Å². The highest BCUT2D eigenvalue weighted by Crippen LogP contribution is 2.00. The molecule has 0 bridgehead atoms. The van der Waals surface area contributed by atoms with Gasteiger partial charge in [-0.15, -0.1) is 0 Å². The molecule has 88 valence electrons. The molecule has 0 saturated heterocycles. The number of pyridine rings is 1. The van der Waals surface area contributed by atoms with E-state index in [-0.39, 0.29) is 5.91 Å². The highest BCUT2D eigenvalue weighted by Gasteiger charge is 2.08. The minimum absolute atomic E-state index is 0.143. The lowest BCUT2D eigenvalue weighted by atomic mass is 10.2. The van der Waals surface area contributed by atoms with Gasteiger partial charge < -0.3 is 10.2 Å². The van der Waals surface area contributed by atoms with Gasteiger partial charge in [-0.05, 0) is 31.6 Å². The molecule has 4 heteroatoms. The molecule has 1 amide bonds. The average molecular weight is 221 g/mol. The standard InChI is InChI=1S/C12H19N3O/c1-13-6-4-8-15(2)12(16)9-11-5-3-7-14-10-11/h3,5,7,10,13H,4,6,8-9H2,1-2H3. The van der Waals surface area contributed by atoms with Crippen LogP contribution in [-0.2, 0) is 11.2 Å². The maximum atomic E-state index is 11.8. The maximum Gasteiger partial charge on any atom is 0.226 e. The Morgan fingerprint density at radius 1 is 1.56 bits per heavy atom. The van der Waals surface area contributed by atoms with Gasteiger partial charge in [-0.3, -0.25) is 9.78 Å². The first-order valence-electron chi connectivity index (χ1n) is 5.51. The van der Waals surface area contributed by atoms with E-state index in [1.54, 1.807) is 17.3 Å². The molecule has 0 atom stereocenters. The summed E-state index contributed by atoms with van der Waals surface area (Å²) in [6, 6.07) is 3.77. The summed E-state index contributed by atoms with van der Waals surface area (Å²) in [4.78, 5) is 17.5. The second kappa shape index (κ2) is 6.95. The van der Waals surface area contributed by atoms with E-state index in [2.05, 4.69) is 10.3 Å². The molecule has 1 heterocycles. The third-order valence-electron chi connectivity index (χ3n) is 2.42. The molecule has 16 heavy (non-hydrogen) atoms. The van der Waals surface area contributed by atoms with Crippen molar-refractivity contribution in [2.75, 3.05) is 27.2 Å². The zero-order valence-electron chi connectivity index (χ0n) is 9.94. The second-order valence-corrected chi connectivity index (χ2v) is 3.81. The van der Waals surface area contributed by atoms with Crippen LogP contribution >= 0.6 is 0 Å². The first kappa shape index (κ1) is 12.6. The smallest absolute Gasteiger partial charge is 0.226 e. The molecule has 0 aliphatic rings. The van der Waals surface area contributed by atoms with Crippen molar-refractivity contribution in [1.29, 1.82) is 0 Å². The van der Waals surface area contributed by atoms with Crippen LogP contribution in [0.15, 0.2) is 24.5 Å². The number of nitrogens with one attached hydrogen (secondary N) is 1. The number of likely N-dealkylation sites (N-methyl/N-ethyl adjacent to an activating group) is 1. The Morgan fingerprint density at radius 3 is 3.00 bits per heavy atom. The summed E-state index contributed by atoms with van der Waals surface area (Å²) in [7, 11) is 3.76. The fourth-order valence-corrected chi connectivity index (χ4v) is 1.43. The van der Waals surface area contributed by atoms with Crippen molar-refractivity contribution in [2.45, 2.75) is 12.8 Å². The topological polar surface area (TPSA) is 45.2 Å². The van der Waals surface area contributed by atoms with E-state index in [0.29, 0.717) is 6.42 Å². The van der Waals surface area contributed by atoms with Gasteiger partial charge in [0.25, 0.3) is 0 Å². The van der Waals surface area contributed by atoms with Crippen molar-refractivity contribution >= 4 is 5.91 Å². The largest absolute Gasteiger partial charge is 0.345 e. The second-order valence-electron chi connectivity index (χ2n) is 3.81. The number of hydrogen-bond acceptors (Lipinski definition) is 3. The van der Waals surface area contributed by atoms with Crippen molar-refractivity contribution in [3.8, 4) is 0 Å². The first-order chi connectivity index (χ1) is 7.74. The predicted octanol–water partition coefficient (Wildman–Crippen LogP) is 0.692. The number of carbonyl (C=O) groups excluding carboxylic acids is 1. The molecule has 0 aliphatic carbocycles. The van der Waals surface area contributed by atoms with Gasteiger partial charge in [0.2, 0.25) is 5.91 Å². The molecule has 0 aliphatic heterocycles. The highest BCUT2D eigenvalue weighted by atomic mass is 16.2. The molecule has 1 aromatic rings. The van der Waals surface area contributed by atoms with E-state index in [1.807, 2.05) is 26.2 Å². The Hall–Kier alpha value is -1.42. The van der Waals surface area contributed by atoms with Gasteiger partial charge in [0.05, 0.1) is 6.42 Å². The van der Waals surface area contributed by atoms with E-state index in [0.717, 1.165) is 25.1 Å². The zero-order valence-corrected chi connectivity index (χ0v) is 9.94. The summed E-state index contributed by atoms with van der Waals surface area (Å²) in [5.74, 6) is 0.143. The van der Waals surface area contributed by atoms with Crippen LogP contribution in [0.1, 0.15) is 12.0 Å². The Bertz CT molecular complexity index is 313. The molecule has 1 rings (SSSR count). The van der Waals surface area contributed by atoms with Crippen LogP contribution in [0.3, 0.4) is 0 Å². The Kier molecular flexibility index (Phi) is 5.50. The van der Waals surface area contributed by atoms with Crippen LogP contribution < -0.4 is 5.32 Å². The Balaban J connectivity index is 2.34. The Morgan fingerprint density at radius 2 is 2.38 bits per heavy atom. The van der Waals surface area contributed by atoms with E-state index in [1.165, 1.54) is 0 Å². The lowest BCUT2D eigenvalue weighted by molar-refractivity contribution is -0.129. The van der Waals surface area contributed by atoms with Crippen molar-refractivity contribution in [2.24, 2.45) is 0 Å². The van der Waals surface area contributed by atoms with Crippen molar-refractivity contribution < 1.29 is 4.79 Å². The van der Waals surface area contributed by atoms with Crippen LogP contribution in [0, 0.1) is 0 Å². The van der Waals surface area contributed by atoms with Gasteiger partial charge in [0.1, 0.15) is 0 Å². The van der Waals surface area contributed by atoms with Gasteiger partial charge in [0, 0.05) is 26.0 Å². The molecule has 0 fully saturated rings. The van der Waals surface area contributed by atoms with Crippen LogP contribution in [0.4, 0.5) is 0 Å². The fraction of sp³-hybridized carbons (Fsp3) is 0.500. The summed E-state index contributed by atoms with van der Waals surface area (Å²) in [6.45, 7) is 1.73. The molecule has 0 aromatic carbocycles. The lowest BCUT2D eigenvalue weighted by Gasteiger charge is -2.16. The SMILES string of the molecule is CNCCCN(C)C(=O)Cc1cccnc1. The average Bonchev–Trinajstić information content (AvgIpc) is 2.30. The third-order valence-corrected chi connectivity index (χ3v) is 2.42. The number of rotatable bonds is 6. The monoisotopic (exact) mass is 221 g/mol. The summed E-state index contributed by atoms with van der Waals surface area (Å²) >= 11 is 0. The number of carbonyl (C=O) groups is 1. The number of hydrogen-bond donors (Lipinski definition) is 1. The molecular weight excluding hydrogens is 202 g/mol. The lowest BCUT2D eigenvalue weighted by Crippen LogP contribution is -2.30. The van der Waals surface area contributed by atoms with Crippen molar-refractivity contribution in [1.82, 2.24) is 15.2 Å². The van der Waals surface area contributed by atoms with Gasteiger partial charge in [-0.2, -0.15) is 0 Å². The predicted molar refractivity (Wildman–Crippen MR) is 64.1 cm³/mol. The number of amides is 1. The van der Waals surface area contributed by atoms with E-state index in [4.69, 9.17) is 0 Å². The van der Waals surface area contributed by atoms with Crippen LogP contribution in [-0.4, -0.2) is 43.0 Å². The van der Waals surface area contributed by atoms with E-state index in [9.17, 15) is 4.79 Å². The van der Waals surface area contributed by atoms with Crippen molar-refractivity contribution in [3.63, 3.8) is 0 Å². The molecule has 0 unspecified atom stereocenters. The van der Waals surface area contributed by atoms with Gasteiger partial charge in [-0.1, -0.05) is 6.07 Å². The summed E-state index contributed by atoms with van der Waals surface area (Å²) < 4.78 is 0. The fourth-order valence-electron chi connectivity index (χ4n) is 1.43. The van der Waals surface area contributed by atoms with Gasteiger partial charge >= 0.3 is 0 Å². The maximum absolute atomic E-state index is 11.8. The highest BCUT2D eigenvalue weighted by molar-refractivity contribution is 5.78. The number of nitrogens with zero attached hydrogens (tertiary/aromatic N) is 2.